The summed E-state index contributed by atoms with van der Waals surface area (Å²) in [6, 6.07) is 0.628. The maximum atomic E-state index is 4.90. The first-order valence-corrected chi connectivity index (χ1v) is 6.43. The summed E-state index contributed by atoms with van der Waals surface area (Å²) in [7, 11) is 0. The van der Waals surface area contributed by atoms with Gasteiger partial charge in [-0.2, -0.15) is 0 Å². The molecule has 2 fully saturated rings. The second-order valence-electron chi connectivity index (χ2n) is 7.19. The highest BCUT2D eigenvalue weighted by atomic mass is 14.9. The van der Waals surface area contributed by atoms with E-state index in [0.29, 0.717) is 22.3 Å². The molecule has 0 N–H and O–H groups in total. The predicted molar refractivity (Wildman–Crippen MR) is 64.2 cm³/mol. The van der Waals surface area contributed by atoms with Crippen molar-refractivity contribution in [3.8, 4) is 0 Å². The van der Waals surface area contributed by atoms with E-state index < -0.39 is 0 Å². The van der Waals surface area contributed by atoms with Crippen LogP contribution in [0.15, 0.2) is 4.99 Å². The average Bonchev–Trinajstić information content (AvgIpc) is 2.12. The van der Waals surface area contributed by atoms with Gasteiger partial charge in [0.15, 0.2) is 0 Å². The van der Waals surface area contributed by atoms with Crippen molar-refractivity contribution in [3.05, 3.63) is 0 Å². The van der Waals surface area contributed by atoms with Crippen LogP contribution in [0.2, 0.25) is 0 Å². The smallest absolute Gasteiger partial charge is 0.0583 e. The Kier molecular flexibility index (Phi) is 1.64. The fourth-order valence-corrected chi connectivity index (χ4v) is 4.70. The molecule has 4 bridgehead atoms. The summed E-state index contributed by atoms with van der Waals surface area (Å²) in [5.74, 6) is 0.833. The molecule has 0 aromatic heterocycles. The van der Waals surface area contributed by atoms with E-state index in [4.69, 9.17) is 4.99 Å². The Morgan fingerprint density at radius 3 is 2.67 bits per heavy atom. The molecule has 0 radical (unpaired) electrons. The molecule has 0 amide bonds. The van der Waals surface area contributed by atoms with Crippen LogP contribution in [0, 0.1) is 22.2 Å². The highest BCUT2D eigenvalue weighted by molar-refractivity contribution is 5.70. The fourth-order valence-electron chi connectivity index (χ4n) is 4.70. The molecular formula is C14H23N. The van der Waals surface area contributed by atoms with Gasteiger partial charge in [-0.3, -0.25) is 4.99 Å². The second kappa shape index (κ2) is 2.49. The first-order chi connectivity index (χ1) is 6.89. The molecule has 4 atom stereocenters. The van der Waals surface area contributed by atoms with Gasteiger partial charge in [0.2, 0.25) is 0 Å². The lowest BCUT2D eigenvalue weighted by molar-refractivity contribution is -0.101. The molecule has 1 unspecified atom stereocenters. The van der Waals surface area contributed by atoms with Gasteiger partial charge in [-0.15, -0.1) is 0 Å². The number of hydrogen-bond acceptors (Lipinski definition) is 1. The maximum absolute atomic E-state index is 4.90. The minimum absolute atomic E-state index is 0.349. The van der Waals surface area contributed by atoms with Crippen LogP contribution >= 0.6 is 0 Å². The number of nitrogens with zero attached hydrogens (tertiary/aromatic N) is 1. The van der Waals surface area contributed by atoms with Crippen molar-refractivity contribution in [1.82, 2.24) is 0 Å². The van der Waals surface area contributed by atoms with E-state index in [0.717, 1.165) is 5.92 Å². The van der Waals surface area contributed by atoms with Gasteiger partial charge in [0.25, 0.3) is 0 Å². The molecule has 84 valence electrons. The molecule has 15 heavy (non-hydrogen) atoms. The lowest BCUT2D eigenvalue weighted by atomic mass is 9.41. The molecule has 0 spiro atoms. The summed E-state index contributed by atoms with van der Waals surface area (Å²) in [4.78, 5) is 4.90. The van der Waals surface area contributed by atoms with Crippen molar-refractivity contribution < 1.29 is 0 Å². The maximum Gasteiger partial charge on any atom is 0.0583 e. The van der Waals surface area contributed by atoms with Crippen molar-refractivity contribution >= 4 is 6.21 Å². The largest absolute Gasteiger partial charge is 0.293 e. The number of aliphatic imine (C=N–C) groups is 1. The SMILES string of the molecule is CC1(C)[C@@H]2CCC[C@]3(C)C[C@@]1(C)C=NC23. The van der Waals surface area contributed by atoms with Gasteiger partial charge in [0, 0.05) is 11.6 Å². The normalized spacial score (nSPS) is 55.7. The monoisotopic (exact) mass is 205 g/mol. The standard InChI is InChI=1S/C14H23N/c1-12(2)10-6-5-7-13(3)8-14(12,4)9-15-11(10)13/h9-11H,5-8H2,1-4H3/t10-,11?,13-,14+/m1/s1. The quantitative estimate of drug-likeness (QED) is 0.572. The van der Waals surface area contributed by atoms with Crippen molar-refractivity contribution in [1.29, 1.82) is 0 Å². The highest BCUT2D eigenvalue weighted by Gasteiger charge is 2.62. The number of hydrogen-bond donors (Lipinski definition) is 0. The minimum Gasteiger partial charge on any atom is -0.293 e. The van der Waals surface area contributed by atoms with Crippen LogP contribution in [0.5, 0.6) is 0 Å². The summed E-state index contributed by atoms with van der Waals surface area (Å²) in [5.41, 5.74) is 1.32. The Morgan fingerprint density at radius 1 is 1.20 bits per heavy atom. The van der Waals surface area contributed by atoms with Crippen LogP contribution in [-0.2, 0) is 0 Å². The van der Waals surface area contributed by atoms with E-state index in [1.54, 1.807) is 0 Å². The first kappa shape index (κ1) is 9.86. The van der Waals surface area contributed by atoms with E-state index in [-0.39, 0.29) is 0 Å². The molecule has 0 aromatic rings. The van der Waals surface area contributed by atoms with E-state index in [9.17, 15) is 0 Å². The Hall–Kier alpha value is -0.330. The molecule has 2 saturated carbocycles. The van der Waals surface area contributed by atoms with Crippen molar-refractivity contribution in [3.63, 3.8) is 0 Å². The Morgan fingerprint density at radius 2 is 1.93 bits per heavy atom. The zero-order valence-electron chi connectivity index (χ0n) is 10.5. The van der Waals surface area contributed by atoms with Crippen LogP contribution in [0.25, 0.3) is 0 Å². The summed E-state index contributed by atoms with van der Waals surface area (Å²) in [5, 5.41) is 0. The molecule has 1 nitrogen and oxygen atoms in total. The third kappa shape index (κ3) is 0.976. The van der Waals surface area contributed by atoms with Crippen molar-refractivity contribution in [2.45, 2.75) is 59.4 Å². The zero-order valence-corrected chi connectivity index (χ0v) is 10.5. The van der Waals surface area contributed by atoms with E-state index in [2.05, 4.69) is 33.9 Å². The molecule has 0 aromatic carbocycles. The molecule has 1 heteroatoms. The first-order valence-electron chi connectivity index (χ1n) is 6.43. The fraction of sp³-hybridized carbons (Fsp3) is 0.929. The second-order valence-corrected chi connectivity index (χ2v) is 7.19. The Labute approximate surface area is 93.4 Å². The summed E-state index contributed by atoms with van der Waals surface area (Å²) < 4.78 is 0. The molecule has 2 aliphatic carbocycles. The van der Waals surface area contributed by atoms with Crippen LogP contribution in [-0.4, -0.2) is 12.3 Å². The van der Waals surface area contributed by atoms with Gasteiger partial charge < -0.3 is 0 Å². The van der Waals surface area contributed by atoms with Crippen molar-refractivity contribution in [2.75, 3.05) is 0 Å². The highest BCUT2D eigenvalue weighted by Crippen LogP contribution is 2.66. The van der Waals surface area contributed by atoms with Gasteiger partial charge >= 0.3 is 0 Å². The molecule has 0 saturated heterocycles. The summed E-state index contributed by atoms with van der Waals surface area (Å²) in [6.45, 7) is 9.86. The molecule has 2 aliphatic heterocycles. The minimum atomic E-state index is 0.349. The van der Waals surface area contributed by atoms with Gasteiger partial charge in [0.1, 0.15) is 0 Å². The number of rotatable bonds is 0. The van der Waals surface area contributed by atoms with Crippen LogP contribution in [0.1, 0.15) is 53.4 Å². The summed E-state index contributed by atoms with van der Waals surface area (Å²) >= 11 is 0. The van der Waals surface area contributed by atoms with Gasteiger partial charge in [-0.1, -0.05) is 34.1 Å². The van der Waals surface area contributed by atoms with E-state index in [1.165, 1.54) is 25.7 Å². The van der Waals surface area contributed by atoms with Crippen LogP contribution < -0.4 is 0 Å². The van der Waals surface area contributed by atoms with Gasteiger partial charge in [-0.05, 0) is 36.0 Å². The van der Waals surface area contributed by atoms with E-state index in [1.807, 2.05) is 0 Å². The summed E-state index contributed by atoms with van der Waals surface area (Å²) in [6.07, 6.45) is 7.88. The van der Waals surface area contributed by atoms with Crippen molar-refractivity contribution in [2.24, 2.45) is 27.2 Å². The van der Waals surface area contributed by atoms with Crippen LogP contribution in [0.4, 0.5) is 0 Å². The molecule has 4 rings (SSSR count). The predicted octanol–water partition coefficient (Wildman–Crippen LogP) is 3.68. The zero-order chi connectivity index (χ0) is 10.9. The molecule has 2 heterocycles. The van der Waals surface area contributed by atoms with Crippen LogP contribution in [0.3, 0.4) is 0 Å². The molecule has 4 aliphatic rings. The van der Waals surface area contributed by atoms with Gasteiger partial charge in [0.05, 0.1) is 6.04 Å². The average molecular weight is 205 g/mol. The topological polar surface area (TPSA) is 12.4 Å². The molecular weight excluding hydrogens is 182 g/mol. The Balaban J connectivity index is 2.15. The third-order valence-corrected chi connectivity index (χ3v) is 6.05. The Bertz CT molecular complexity index is 330. The van der Waals surface area contributed by atoms with E-state index >= 15 is 0 Å². The lowest BCUT2D eigenvalue weighted by Crippen LogP contribution is -2.63. The van der Waals surface area contributed by atoms with Gasteiger partial charge in [-0.25, -0.2) is 0 Å². The lowest BCUT2D eigenvalue weighted by Gasteiger charge is -2.65. The third-order valence-electron chi connectivity index (χ3n) is 6.05.